The molecule has 0 aliphatic carbocycles. The van der Waals surface area contributed by atoms with Gasteiger partial charge in [-0.3, -0.25) is 0 Å². The maximum atomic E-state index is 11.3. The SMILES string of the molecule is COC(=O)c1ccc(CN[C@H](C)c2cccc(Cl)c2)o1. The lowest BCUT2D eigenvalue weighted by Crippen LogP contribution is -2.17. The molecule has 106 valence electrons. The van der Waals surface area contributed by atoms with Crippen molar-refractivity contribution in [2.45, 2.75) is 19.5 Å². The van der Waals surface area contributed by atoms with Gasteiger partial charge >= 0.3 is 5.97 Å². The summed E-state index contributed by atoms with van der Waals surface area (Å²) in [5, 5.41) is 4.02. The van der Waals surface area contributed by atoms with Gasteiger partial charge in [-0.15, -0.1) is 0 Å². The summed E-state index contributed by atoms with van der Waals surface area (Å²) >= 11 is 5.96. The van der Waals surface area contributed by atoms with Gasteiger partial charge in [-0.1, -0.05) is 23.7 Å². The fourth-order valence-electron chi connectivity index (χ4n) is 1.83. The van der Waals surface area contributed by atoms with E-state index in [1.54, 1.807) is 12.1 Å². The molecule has 1 aromatic carbocycles. The van der Waals surface area contributed by atoms with E-state index in [1.165, 1.54) is 7.11 Å². The van der Waals surface area contributed by atoms with Gasteiger partial charge in [0.15, 0.2) is 0 Å². The molecule has 1 heterocycles. The zero-order chi connectivity index (χ0) is 14.5. The highest BCUT2D eigenvalue weighted by molar-refractivity contribution is 6.30. The van der Waals surface area contributed by atoms with Crippen LogP contribution in [0.4, 0.5) is 0 Å². The maximum absolute atomic E-state index is 11.3. The molecule has 0 radical (unpaired) electrons. The Hall–Kier alpha value is -1.78. The van der Waals surface area contributed by atoms with E-state index >= 15 is 0 Å². The van der Waals surface area contributed by atoms with E-state index in [0.29, 0.717) is 17.3 Å². The summed E-state index contributed by atoms with van der Waals surface area (Å²) in [6.45, 7) is 2.56. The number of hydrogen-bond acceptors (Lipinski definition) is 4. The van der Waals surface area contributed by atoms with Gasteiger partial charge in [0, 0.05) is 11.1 Å². The number of furan rings is 1. The average Bonchev–Trinajstić information content (AvgIpc) is 2.92. The fraction of sp³-hybridized carbons (Fsp3) is 0.267. The molecule has 1 atom stereocenters. The molecule has 1 N–H and O–H groups in total. The predicted octanol–water partition coefficient (Wildman–Crippen LogP) is 3.57. The summed E-state index contributed by atoms with van der Waals surface area (Å²) in [6.07, 6.45) is 0. The van der Waals surface area contributed by atoms with Crippen molar-refractivity contribution in [2.75, 3.05) is 7.11 Å². The van der Waals surface area contributed by atoms with Crippen molar-refractivity contribution in [1.82, 2.24) is 5.32 Å². The second-order valence-corrected chi connectivity index (χ2v) is 4.85. The van der Waals surface area contributed by atoms with Crippen molar-refractivity contribution in [3.63, 3.8) is 0 Å². The Labute approximate surface area is 122 Å². The van der Waals surface area contributed by atoms with Crippen LogP contribution < -0.4 is 5.32 Å². The van der Waals surface area contributed by atoms with Gasteiger partial charge in [0.25, 0.3) is 0 Å². The van der Waals surface area contributed by atoms with Crippen LogP contribution in [-0.2, 0) is 11.3 Å². The number of rotatable bonds is 5. The molecule has 0 fully saturated rings. The van der Waals surface area contributed by atoms with Crippen LogP contribution in [0, 0.1) is 0 Å². The highest BCUT2D eigenvalue weighted by Gasteiger charge is 2.12. The predicted molar refractivity (Wildman–Crippen MR) is 76.8 cm³/mol. The van der Waals surface area contributed by atoms with Gasteiger partial charge in [0.1, 0.15) is 5.76 Å². The van der Waals surface area contributed by atoms with E-state index < -0.39 is 5.97 Å². The molecule has 0 saturated heterocycles. The van der Waals surface area contributed by atoms with E-state index in [0.717, 1.165) is 5.56 Å². The van der Waals surface area contributed by atoms with Gasteiger partial charge < -0.3 is 14.5 Å². The van der Waals surface area contributed by atoms with Crippen molar-refractivity contribution in [3.8, 4) is 0 Å². The van der Waals surface area contributed by atoms with Crippen LogP contribution in [-0.4, -0.2) is 13.1 Å². The Kier molecular flexibility index (Phi) is 4.82. The van der Waals surface area contributed by atoms with Crippen molar-refractivity contribution >= 4 is 17.6 Å². The molecule has 0 aliphatic rings. The summed E-state index contributed by atoms with van der Waals surface area (Å²) in [4.78, 5) is 11.3. The lowest BCUT2D eigenvalue weighted by atomic mass is 10.1. The number of carbonyl (C=O) groups is 1. The van der Waals surface area contributed by atoms with Crippen LogP contribution in [0.1, 0.15) is 34.8 Å². The highest BCUT2D eigenvalue weighted by atomic mass is 35.5. The number of nitrogens with one attached hydrogen (secondary N) is 1. The third-order valence-corrected chi connectivity index (χ3v) is 3.21. The minimum Gasteiger partial charge on any atom is -0.463 e. The number of methoxy groups -OCH3 is 1. The van der Waals surface area contributed by atoms with E-state index in [-0.39, 0.29) is 11.8 Å². The molecule has 20 heavy (non-hydrogen) atoms. The van der Waals surface area contributed by atoms with E-state index in [2.05, 4.69) is 10.1 Å². The topological polar surface area (TPSA) is 51.5 Å². The third kappa shape index (κ3) is 3.62. The highest BCUT2D eigenvalue weighted by Crippen LogP contribution is 2.18. The molecule has 0 aliphatic heterocycles. The van der Waals surface area contributed by atoms with Crippen molar-refractivity contribution < 1.29 is 13.9 Å². The van der Waals surface area contributed by atoms with Crippen molar-refractivity contribution in [2.24, 2.45) is 0 Å². The van der Waals surface area contributed by atoms with E-state index in [4.69, 9.17) is 16.0 Å². The van der Waals surface area contributed by atoms with Crippen molar-refractivity contribution in [3.05, 3.63) is 58.5 Å². The first-order chi connectivity index (χ1) is 9.60. The minimum absolute atomic E-state index is 0.125. The lowest BCUT2D eigenvalue weighted by molar-refractivity contribution is 0.0563. The van der Waals surface area contributed by atoms with Crippen LogP contribution in [0.2, 0.25) is 5.02 Å². The molecule has 2 aromatic rings. The first-order valence-corrected chi connectivity index (χ1v) is 6.64. The first-order valence-electron chi connectivity index (χ1n) is 6.26. The van der Waals surface area contributed by atoms with Crippen LogP contribution in [0.3, 0.4) is 0 Å². The Morgan fingerprint density at radius 1 is 1.40 bits per heavy atom. The van der Waals surface area contributed by atoms with Gasteiger partial charge in [-0.05, 0) is 36.8 Å². The second kappa shape index (κ2) is 6.59. The number of carbonyl (C=O) groups excluding carboxylic acids is 1. The number of benzene rings is 1. The summed E-state index contributed by atoms with van der Waals surface area (Å²) in [5.74, 6) is 0.415. The maximum Gasteiger partial charge on any atom is 0.373 e. The molecule has 1 aromatic heterocycles. The van der Waals surface area contributed by atoms with E-state index in [1.807, 2.05) is 31.2 Å². The first kappa shape index (κ1) is 14.6. The standard InChI is InChI=1S/C15H16ClNO3/c1-10(11-4-3-5-12(16)8-11)17-9-13-6-7-14(20-13)15(18)19-2/h3-8,10,17H,9H2,1-2H3/t10-/m1/s1. The quantitative estimate of drug-likeness (QED) is 0.856. The van der Waals surface area contributed by atoms with E-state index in [9.17, 15) is 4.79 Å². The van der Waals surface area contributed by atoms with Gasteiger partial charge in [0.05, 0.1) is 13.7 Å². The third-order valence-electron chi connectivity index (χ3n) is 2.98. The van der Waals surface area contributed by atoms with Gasteiger partial charge in [-0.2, -0.15) is 0 Å². The Morgan fingerprint density at radius 3 is 2.90 bits per heavy atom. The molecule has 0 saturated carbocycles. The number of esters is 1. The van der Waals surface area contributed by atoms with Crippen LogP contribution in [0.5, 0.6) is 0 Å². The Morgan fingerprint density at radius 2 is 2.20 bits per heavy atom. The van der Waals surface area contributed by atoms with Crippen LogP contribution >= 0.6 is 11.6 Å². The molecule has 0 amide bonds. The monoisotopic (exact) mass is 293 g/mol. The molecule has 0 spiro atoms. The normalized spacial score (nSPS) is 12.2. The zero-order valence-electron chi connectivity index (χ0n) is 11.4. The summed E-state index contributed by atoms with van der Waals surface area (Å²) in [6, 6.07) is 11.2. The molecule has 0 unspecified atom stereocenters. The van der Waals surface area contributed by atoms with Crippen LogP contribution in [0.15, 0.2) is 40.8 Å². The number of hydrogen-bond donors (Lipinski definition) is 1. The molecular weight excluding hydrogens is 278 g/mol. The lowest BCUT2D eigenvalue weighted by Gasteiger charge is -2.13. The minimum atomic E-state index is -0.473. The molecular formula is C15H16ClNO3. The molecule has 2 rings (SSSR count). The molecule has 0 bridgehead atoms. The second-order valence-electron chi connectivity index (χ2n) is 4.42. The molecule has 4 nitrogen and oxygen atoms in total. The summed E-state index contributed by atoms with van der Waals surface area (Å²) in [5.41, 5.74) is 1.09. The fourth-order valence-corrected chi connectivity index (χ4v) is 2.03. The van der Waals surface area contributed by atoms with Gasteiger partial charge in [-0.25, -0.2) is 4.79 Å². The smallest absolute Gasteiger partial charge is 0.373 e. The van der Waals surface area contributed by atoms with Gasteiger partial charge in [0.2, 0.25) is 5.76 Å². The summed E-state index contributed by atoms with van der Waals surface area (Å²) in [7, 11) is 1.32. The number of halogens is 1. The number of ether oxygens (including phenoxy) is 1. The van der Waals surface area contributed by atoms with Crippen LogP contribution in [0.25, 0.3) is 0 Å². The zero-order valence-corrected chi connectivity index (χ0v) is 12.1. The Balaban J connectivity index is 1.95. The Bertz CT molecular complexity index is 594. The van der Waals surface area contributed by atoms with Crippen molar-refractivity contribution in [1.29, 1.82) is 0 Å². The average molecular weight is 294 g/mol. The summed E-state index contributed by atoms with van der Waals surface area (Å²) < 4.78 is 9.97. The molecule has 5 heteroatoms. The largest absolute Gasteiger partial charge is 0.463 e.